The lowest BCUT2D eigenvalue weighted by atomic mass is 10.1. The third-order valence-electron chi connectivity index (χ3n) is 5.15. The molecule has 6 nitrogen and oxygen atoms in total. The minimum absolute atomic E-state index is 0.0809. The topological polar surface area (TPSA) is 67.9 Å². The molecule has 2 atom stereocenters. The second-order valence-electron chi connectivity index (χ2n) is 7.02. The standard InChI is InChI=1S/C21H21ClN2O4/c1-27-19-7-6-15(22)10-17(19)24-12-14(9-20(24)25)21(26)23-11-16-8-13-4-2-3-5-18(13)28-16/h2-7,10,14,16H,8-9,11-12H2,1H3,(H,23,26)/t14-,16+/m0/s1. The average Bonchev–Trinajstić information content (AvgIpc) is 3.29. The largest absolute Gasteiger partial charge is 0.495 e. The molecule has 146 valence electrons. The fraction of sp³-hybridized carbons (Fsp3) is 0.333. The fourth-order valence-corrected chi connectivity index (χ4v) is 3.88. The number of hydrogen-bond acceptors (Lipinski definition) is 4. The molecular weight excluding hydrogens is 380 g/mol. The Labute approximate surface area is 168 Å². The van der Waals surface area contributed by atoms with Gasteiger partial charge in [-0.1, -0.05) is 29.8 Å². The number of para-hydroxylation sites is 1. The van der Waals surface area contributed by atoms with Gasteiger partial charge in [0.25, 0.3) is 0 Å². The third kappa shape index (κ3) is 3.64. The van der Waals surface area contributed by atoms with Crippen LogP contribution in [-0.4, -0.2) is 38.1 Å². The SMILES string of the molecule is COc1ccc(Cl)cc1N1C[C@@H](C(=O)NC[C@H]2Cc3ccccc3O2)CC1=O. The van der Waals surface area contributed by atoms with Crippen LogP contribution in [0, 0.1) is 5.92 Å². The number of halogens is 1. The first-order valence-electron chi connectivity index (χ1n) is 9.21. The van der Waals surface area contributed by atoms with Crippen molar-refractivity contribution in [2.75, 3.05) is 25.1 Å². The Morgan fingerprint density at radius 3 is 2.89 bits per heavy atom. The van der Waals surface area contributed by atoms with Crippen LogP contribution in [0.1, 0.15) is 12.0 Å². The molecule has 0 saturated carbocycles. The number of carbonyl (C=O) groups excluding carboxylic acids is 2. The zero-order valence-corrected chi connectivity index (χ0v) is 16.2. The summed E-state index contributed by atoms with van der Waals surface area (Å²) in [6, 6.07) is 13.0. The quantitative estimate of drug-likeness (QED) is 0.838. The molecule has 1 N–H and O–H groups in total. The van der Waals surface area contributed by atoms with Crippen molar-refractivity contribution >= 4 is 29.1 Å². The van der Waals surface area contributed by atoms with Gasteiger partial charge in [-0.05, 0) is 29.8 Å². The first kappa shape index (κ1) is 18.6. The van der Waals surface area contributed by atoms with Crippen LogP contribution in [0.3, 0.4) is 0 Å². The van der Waals surface area contributed by atoms with E-state index in [1.807, 2.05) is 24.3 Å². The molecule has 2 aliphatic rings. The molecule has 2 amide bonds. The molecule has 0 spiro atoms. The molecule has 2 aromatic rings. The van der Waals surface area contributed by atoms with Crippen LogP contribution in [0.25, 0.3) is 0 Å². The smallest absolute Gasteiger partial charge is 0.227 e. The number of ether oxygens (including phenoxy) is 2. The average molecular weight is 401 g/mol. The molecule has 0 unspecified atom stereocenters. The zero-order valence-electron chi connectivity index (χ0n) is 15.5. The molecule has 28 heavy (non-hydrogen) atoms. The maximum Gasteiger partial charge on any atom is 0.227 e. The van der Waals surface area contributed by atoms with Crippen LogP contribution >= 0.6 is 11.6 Å². The highest BCUT2D eigenvalue weighted by Gasteiger charge is 2.36. The van der Waals surface area contributed by atoms with E-state index in [2.05, 4.69) is 5.32 Å². The van der Waals surface area contributed by atoms with Crippen LogP contribution < -0.4 is 19.7 Å². The number of amides is 2. The van der Waals surface area contributed by atoms with E-state index in [0.717, 1.165) is 17.7 Å². The molecule has 0 bridgehead atoms. The highest BCUT2D eigenvalue weighted by Crippen LogP contribution is 2.35. The molecule has 2 aromatic carbocycles. The van der Waals surface area contributed by atoms with Crippen molar-refractivity contribution in [1.82, 2.24) is 5.32 Å². The molecular formula is C21H21ClN2O4. The highest BCUT2D eigenvalue weighted by atomic mass is 35.5. The second-order valence-corrected chi connectivity index (χ2v) is 7.45. The maximum atomic E-state index is 12.6. The van der Waals surface area contributed by atoms with E-state index in [-0.39, 0.29) is 24.3 Å². The van der Waals surface area contributed by atoms with Crippen molar-refractivity contribution < 1.29 is 19.1 Å². The Hall–Kier alpha value is -2.73. The summed E-state index contributed by atoms with van der Waals surface area (Å²) in [6.07, 6.45) is 0.849. The molecule has 0 radical (unpaired) electrons. The molecule has 2 aliphatic heterocycles. The first-order chi connectivity index (χ1) is 13.5. The van der Waals surface area contributed by atoms with E-state index in [1.54, 1.807) is 23.1 Å². The summed E-state index contributed by atoms with van der Waals surface area (Å²) in [5.74, 6) is 0.745. The Balaban J connectivity index is 1.37. The predicted molar refractivity (Wildman–Crippen MR) is 106 cm³/mol. The van der Waals surface area contributed by atoms with E-state index >= 15 is 0 Å². The van der Waals surface area contributed by atoms with E-state index < -0.39 is 5.92 Å². The van der Waals surface area contributed by atoms with Gasteiger partial charge in [0.1, 0.15) is 17.6 Å². The monoisotopic (exact) mass is 400 g/mol. The number of carbonyl (C=O) groups is 2. The van der Waals surface area contributed by atoms with Crippen molar-refractivity contribution in [3.8, 4) is 11.5 Å². The van der Waals surface area contributed by atoms with Gasteiger partial charge >= 0.3 is 0 Å². The summed E-state index contributed by atoms with van der Waals surface area (Å²) < 4.78 is 11.2. The summed E-state index contributed by atoms with van der Waals surface area (Å²) in [4.78, 5) is 26.7. The normalized spacial score (nSPS) is 20.6. The van der Waals surface area contributed by atoms with Crippen LogP contribution in [0.15, 0.2) is 42.5 Å². The van der Waals surface area contributed by atoms with Crippen LogP contribution in [0.4, 0.5) is 5.69 Å². The first-order valence-corrected chi connectivity index (χ1v) is 9.59. The number of nitrogens with one attached hydrogen (secondary N) is 1. The van der Waals surface area contributed by atoms with Gasteiger partial charge in [0.15, 0.2) is 0 Å². The van der Waals surface area contributed by atoms with Crippen molar-refractivity contribution in [2.24, 2.45) is 5.92 Å². The van der Waals surface area contributed by atoms with Gasteiger partial charge in [-0.25, -0.2) is 0 Å². The maximum absolute atomic E-state index is 12.6. The van der Waals surface area contributed by atoms with Gasteiger partial charge < -0.3 is 19.7 Å². The van der Waals surface area contributed by atoms with Gasteiger partial charge in [-0.2, -0.15) is 0 Å². The van der Waals surface area contributed by atoms with E-state index in [0.29, 0.717) is 29.5 Å². The number of nitrogens with zero attached hydrogens (tertiary/aromatic N) is 1. The minimum atomic E-state index is -0.417. The number of fused-ring (bicyclic) bond motifs is 1. The summed E-state index contributed by atoms with van der Waals surface area (Å²) >= 11 is 6.07. The van der Waals surface area contributed by atoms with E-state index in [1.165, 1.54) is 7.11 Å². The number of rotatable bonds is 5. The minimum Gasteiger partial charge on any atom is -0.495 e. The van der Waals surface area contributed by atoms with E-state index in [4.69, 9.17) is 21.1 Å². The van der Waals surface area contributed by atoms with Gasteiger partial charge in [0, 0.05) is 24.4 Å². The van der Waals surface area contributed by atoms with Crippen LogP contribution in [0.5, 0.6) is 11.5 Å². The Morgan fingerprint density at radius 2 is 2.11 bits per heavy atom. The Kier molecular flexibility index (Phi) is 5.13. The summed E-state index contributed by atoms with van der Waals surface area (Å²) in [5, 5.41) is 3.44. The summed E-state index contributed by atoms with van der Waals surface area (Å²) in [7, 11) is 1.54. The van der Waals surface area contributed by atoms with Crippen LogP contribution in [-0.2, 0) is 16.0 Å². The number of hydrogen-bond donors (Lipinski definition) is 1. The number of anilines is 1. The van der Waals surface area contributed by atoms with Gasteiger partial charge in [-0.15, -0.1) is 0 Å². The lowest BCUT2D eigenvalue weighted by molar-refractivity contribution is -0.126. The lowest BCUT2D eigenvalue weighted by Gasteiger charge is -2.20. The molecule has 0 aliphatic carbocycles. The van der Waals surface area contributed by atoms with Crippen LogP contribution in [0.2, 0.25) is 5.02 Å². The number of methoxy groups -OCH3 is 1. The lowest BCUT2D eigenvalue weighted by Crippen LogP contribution is -2.39. The Morgan fingerprint density at radius 1 is 1.29 bits per heavy atom. The van der Waals surface area contributed by atoms with Gasteiger partial charge in [0.2, 0.25) is 11.8 Å². The van der Waals surface area contributed by atoms with Gasteiger partial charge in [0.05, 0.1) is 25.3 Å². The van der Waals surface area contributed by atoms with Gasteiger partial charge in [-0.3, -0.25) is 9.59 Å². The summed E-state index contributed by atoms with van der Waals surface area (Å²) in [5.41, 5.74) is 1.74. The third-order valence-corrected chi connectivity index (χ3v) is 5.38. The Bertz CT molecular complexity index is 892. The molecule has 4 rings (SSSR count). The molecule has 2 heterocycles. The van der Waals surface area contributed by atoms with E-state index in [9.17, 15) is 9.59 Å². The predicted octanol–water partition coefficient (Wildman–Crippen LogP) is 2.82. The highest BCUT2D eigenvalue weighted by molar-refractivity contribution is 6.31. The fourth-order valence-electron chi connectivity index (χ4n) is 3.72. The molecule has 0 aromatic heterocycles. The number of benzene rings is 2. The molecule has 1 saturated heterocycles. The second kappa shape index (κ2) is 7.72. The van der Waals surface area contributed by atoms with Crippen molar-refractivity contribution in [2.45, 2.75) is 18.9 Å². The molecule has 7 heteroatoms. The molecule has 1 fully saturated rings. The summed E-state index contributed by atoms with van der Waals surface area (Å²) in [6.45, 7) is 0.714. The van der Waals surface area contributed by atoms with Crippen molar-refractivity contribution in [3.63, 3.8) is 0 Å². The zero-order chi connectivity index (χ0) is 19.7. The van der Waals surface area contributed by atoms with Crippen molar-refractivity contribution in [3.05, 3.63) is 53.1 Å². The van der Waals surface area contributed by atoms with Crippen molar-refractivity contribution in [1.29, 1.82) is 0 Å².